The predicted molar refractivity (Wildman–Crippen MR) is 128 cm³/mol. The fourth-order valence-electron chi connectivity index (χ4n) is 4.49. The van der Waals surface area contributed by atoms with Gasteiger partial charge >= 0.3 is 0 Å². The lowest BCUT2D eigenvalue weighted by Crippen LogP contribution is -2.38. The molecule has 0 atom stereocenters. The summed E-state index contributed by atoms with van der Waals surface area (Å²) >= 11 is 0. The quantitative estimate of drug-likeness (QED) is 0.639. The minimum Gasteiger partial charge on any atom is -0.486 e. The molecule has 2 aliphatic heterocycles. The van der Waals surface area contributed by atoms with Gasteiger partial charge in [-0.25, -0.2) is 4.98 Å². The fraction of sp³-hybridized carbons (Fsp3) is 0.440. The van der Waals surface area contributed by atoms with Gasteiger partial charge in [-0.05, 0) is 55.1 Å². The Bertz CT molecular complexity index is 1080. The number of rotatable bonds is 6. The first kappa shape index (κ1) is 20.8. The summed E-state index contributed by atoms with van der Waals surface area (Å²) in [6.07, 6.45) is 2.28. The Morgan fingerprint density at radius 2 is 1.78 bits per heavy atom. The van der Waals surface area contributed by atoms with Crippen LogP contribution in [0.2, 0.25) is 0 Å². The number of anilines is 2. The van der Waals surface area contributed by atoms with E-state index in [0.717, 1.165) is 73.2 Å². The van der Waals surface area contributed by atoms with Crippen LogP contribution in [0.3, 0.4) is 0 Å². The fourth-order valence-corrected chi connectivity index (χ4v) is 4.49. The average Bonchev–Trinajstić information content (AvgIpc) is 2.83. The van der Waals surface area contributed by atoms with Gasteiger partial charge in [-0.3, -0.25) is 0 Å². The van der Waals surface area contributed by atoms with E-state index in [1.165, 1.54) is 5.56 Å². The molecule has 1 N–H and O–H groups in total. The van der Waals surface area contributed by atoms with Crippen molar-refractivity contribution in [1.29, 1.82) is 0 Å². The van der Waals surface area contributed by atoms with E-state index in [1.54, 1.807) is 0 Å². The molecule has 1 aromatic heterocycles. The molecule has 7 nitrogen and oxygen atoms in total. The van der Waals surface area contributed by atoms with Gasteiger partial charge in [0.15, 0.2) is 11.5 Å². The number of hydrogen-bond donors (Lipinski definition) is 1. The zero-order valence-corrected chi connectivity index (χ0v) is 18.9. The molecule has 3 aromatic rings. The van der Waals surface area contributed by atoms with Gasteiger partial charge in [0.1, 0.15) is 19.0 Å². The van der Waals surface area contributed by atoms with Crippen LogP contribution in [-0.4, -0.2) is 56.9 Å². The molecule has 32 heavy (non-hydrogen) atoms. The maximum Gasteiger partial charge on any atom is 0.227 e. The molecule has 0 unspecified atom stereocenters. The first-order chi connectivity index (χ1) is 15.7. The van der Waals surface area contributed by atoms with Crippen molar-refractivity contribution in [3.05, 3.63) is 48.0 Å². The summed E-state index contributed by atoms with van der Waals surface area (Å²) in [6, 6.07) is 14.5. The Morgan fingerprint density at radius 3 is 2.59 bits per heavy atom. The second-order valence-corrected chi connectivity index (χ2v) is 8.80. The van der Waals surface area contributed by atoms with Crippen molar-refractivity contribution in [3.8, 4) is 11.5 Å². The van der Waals surface area contributed by atoms with Gasteiger partial charge in [0.2, 0.25) is 5.95 Å². The monoisotopic (exact) mass is 433 g/mol. The van der Waals surface area contributed by atoms with Crippen molar-refractivity contribution in [3.63, 3.8) is 0 Å². The summed E-state index contributed by atoms with van der Waals surface area (Å²) in [5.74, 6) is 4.19. The third kappa shape index (κ3) is 4.43. The second kappa shape index (κ2) is 9.20. The van der Waals surface area contributed by atoms with Gasteiger partial charge in [0, 0.05) is 39.1 Å². The third-order valence-electron chi connectivity index (χ3n) is 6.26. The van der Waals surface area contributed by atoms with Gasteiger partial charge < -0.3 is 24.6 Å². The number of aromatic nitrogens is 2. The molecule has 2 aromatic carbocycles. The highest BCUT2D eigenvalue weighted by Gasteiger charge is 2.22. The number of piperidine rings is 1. The number of ether oxygens (including phenoxy) is 2. The van der Waals surface area contributed by atoms with Gasteiger partial charge in [-0.1, -0.05) is 18.2 Å². The van der Waals surface area contributed by atoms with Crippen molar-refractivity contribution < 1.29 is 9.47 Å². The van der Waals surface area contributed by atoms with E-state index in [-0.39, 0.29) is 0 Å². The SMILES string of the molecule is CN(C)c1nc(N2CCC(CNCc3ccc4c(c3)OCCO4)CC2)nc2ccccc12. The number of benzene rings is 2. The van der Waals surface area contributed by atoms with Gasteiger partial charge in [-0.15, -0.1) is 0 Å². The van der Waals surface area contributed by atoms with Crippen LogP contribution >= 0.6 is 0 Å². The minimum absolute atomic E-state index is 0.624. The van der Waals surface area contributed by atoms with E-state index >= 15 is 0 Å². The second-order valence-electron chi connectivity index (χ2n) is 8.80. The molecule has 0 bridgehead atoms. The lowest BCUT2D eigenvalue weighted by Gasteiger charge is -2.32. The molecule has 1 fully saturated rings. The lowest BCUT2D eigenvalue weighted by atomic mass is 9.97. The normalized spacial score (nSPS) is 16.4. The number of hydrogen-bond acceptors (Lipinski definition) is 7. The number of para-hydroxylation sites is 1. The average molecular weight is 434 g/mol. The van der Waals surface area contributed by atoms with Crippen molar-refractivity contribution >= 4 is 22.7 Å². The molecule has 2 aliphatic rings. The highest BCUT2D eigenvalue weighted by molar-refractivity contribution is 5.90. The Hall–Kier alpha value is -3.06. The molecular weight excluding hydrogens is 402 g/mol. The molecule has 3 heterocycles. The molecule has 0 radical (unpaired) electrons. The Morgan fingerprint density at radius 1 is 1.00 bits per heavy atom. The summed E-state index contributed by atoms with van der Waals surface area (Å²) < 4.78 is 11.3. The molecule has 7 heteroatoms. The van der Waals surface area contributed by atoms with E-state index in [0.29, 0.717) is 19.1 Å². The zero-order valence-electron chi connectivity index (χ0n) is 18.9. The van der Waals surface area contributed by atoms with E-state index in [2.05, 4.69) is 39.4 Å². The maximum absolute atomic E-state index is 5.69. The van der Waals surface area contributed by atoms with Crippen molar-refractivity contribution in [2.24, 2.45) is 5.92 Å². The van der Waals surface area contributed by atoms with Gasteiger partial charge in [0.05, 0.1) is 5.52 Å². The summed E-state index contributed by atoms with van der Waals surface area (Å²) in [4.78, 5) is 14.1. The van der Waals surface area contributed by atoms with Crippen molar-refractivity contribution in [1.82, 2.24) is 15.3 Å². The smallest absolute Gasteiger partial charge is 0.227 e. The van der Waals surface area contributed by atoms with Gasteiger partial charge in [-0.2, -0.15) is 4.98 Å². The number of nitrogens with zero attached hydrogens (tertiary/aromatic N) is 4. The van der Waals surface area contributed by atoms with Crippen LogP contribution in [0.15, 0.2) is 42.5 Å². The first-order valence-electron chi connectivity index (χ1n) is 11.5. The summed E-state index contributed by atoms with van der Waals surface area (Å²) in [6.45, 7) is 5.09. The predicted octanol–water partition coefficient (Wildman–Crippen LogP) is 3.47. The molecule has 5 rings (SSSR count). The zero-order chi connectivity index (χ0) is 21.9. The standard InChI is InChI=1S/C25H31N5O2/c1-29(2)24-20-5-3-4-6-21(20)27-25(28-24)30-11-9-18(10-12-30)16-26-17-19-7-8-22-23(15-19)32-14-13-31-22/h3-8,15,18,26H,9-14,16-17H2,1-2H3. The largest absolute Gasteiger partial charge is 0.486 e. The maximum atomic E-state index is 5.69. The lowest BCUT2D eigenvalue weighted by molar-refractivity contribution is 0.171. The van der Waals surface area contributed by atoms with Crippen LogP contribution in [0.4, 0.5) is 11.8 Å². The van der Waals surface area contributed by atoms with E-state index in [4.69, 9.17) is 19.4 Å². The Balaban J connectivity index is 1.16. The van der Waals surface area contributed by atoms with Crippen LogP contribution in [-0.2, 0) is 6.54 Å². The number of fused-ring (bicyclic) bond motifs is 2. The summed E-state index contributed by atoms with van der Waals surface area (Å²) in [5, 5.41) is 4.72. The van der Waals surface area contributed by atoms with Crippen LogP contribution in [0.25, 0.3) is 10.9 Å². The molecular formula is C25H31N5O2. The minimum atomic E-state index is 0.624. The summed E-state index contributed by atoms with van der Waals surface area (Å²) in [5.41, 5.74) is 2.23. The molecule has 0 aliphatic carbocycles. The first-order valence-corrected chi connectivity index (χ1v) is 11.5. The van der Waals surface area contributed by atoms with E-state index < -0.39 is 0 Å². The van der Waals surface area contributed by atoms with Crippen molar-refractivity contribution in [2.45, 2.75) is 19.4 Å². The van der Waals surface area contributed by atoms with Gasteiger partial charge in [0.25, 0.3) is 0 Å². The van der Waals surface area contributed by atoms with Crippen LogP contribution < -0.4 is 24.6 Å². The third-order valence-corrected chi connectivity index (χ3v) is 6.26. The molecule has 0 spiro atoms. The van der Waals surface area contributed by atoms with Crippen molar-refractivity contribution in [2.75, 3.05) is 56.7 Å². The van der Waals surface area contributed by atoms with E-state index in [9.17, 15) is 0 Å². The molecule has 1 saturated heterocycles. The molecule has 168 valence electrons. The van der Waals surface area contributed by atoms with Crippen LogP contribution in [0.5, 0.6) is 11.5 Å². The topological polar surface area (TPSA) is 62.8 Å². The van der Waals surface area contributed by atoms with E-state index in [1.807, 2.05) is 32.3 Å². The molecule has 0 amide bonds. The Labute approximate surface area is 189 Å². The highest BCUT2D eigenvalue weighted by Crippen LogP contribution is 2.31. The van der Waals surface area contributed by atoms with Crippen LogP contribution in [0.1, 0.15) is 18.4 Å². The van der Waals surface area contributed by atoms with Crippen LogP contribution in [0, 0.1) is 5.92 Å². The summed E-state index contributed by atoms with van der Waals surface area (Å²) in [7, 11) is 4.08. The Kier molecular flexibility index (Phi) is 5.99. The highest BCUT2D eigenvalue weighted by atomic mass is 16.6. The molecule has 0 saturated carbocycles. The number of nitrogens with one attached hydrogen (secondary N) is 1.